The lowest BCUT2D eigenvalue weighted by Crippen LogP contribution is -2.43. The van der Waals surface area contributed by atoms with Crippen molar-refractivity contribution in [3.63, 3.8) is 0 Å². The molecule has 0 amide bonds. The molecule has 22 heavy (non-hydrogen) atoms. The molecule has 1 fully saturated rings. The van der Waals surface area contributed by atoms with Gasteiger partial charge in [-0.15, -0.1) is 0 Å². The fourth-order valence-corrected chi connectivity index (χ4v) is 2.64. The van der Waals surface area contributed by atoms with E-state index in [4.69, 9.17) is 9.26 Å². The van der Waals surface area contributed by atoms with Gasteiger partial charge in [0.05, 0.1) is 25.8 Å². The molecule has 7 nitrogen and oxygen atoms in total. The molecule has 0 spiro atoms. The van der Waals surface area contributed by atoms with Crippen LogP contribution in [0.5, 0.6) is 0 Å². The molecule has 0 aromatic carbocycles. The Balaban J connectivity index is 1.52. The summed E-state index contributed by atoms with van der Waals surface area (Å²) in [7, 11) is 0. The van der Waals surface area contributed by atoms with E-state index in [0.29, 0.717) is 12.5 Å². The van der Waals surface area contributed by atoms with Crippen LogP contribution in [0.25, 0.3) is 0 Å². The summed E-state index contributed by atoms with van der Waals surface area (Å²) in [4.78, 5) is 6.77. The number of hydrogen-bond donors (Lipinski definition) is 0. The third kappa shape index (κ3) is 4.14. The average molecular weight is 305 g/mol. The van der Waals surface area contributed by atoms with E-state index in [0.717, 1.165) is 44.4 Å². The largest absolute Gasteiger partial charge is 0.374 e. The molecule has 0 N–H and O–H groups in total. The van der Waals surface area contributed by atoms with Gasteiger partial charge in [0.1, 0.15) is 0 Å². The van der Waals surface area contributed by atoms with Gasteiger partial charge in [0.15, 0.2) is 5.82 Å². The van der Waals surface area contributed by atoms with Gasteiger partial charge in [-0.05, 0) is 12.0 Å². The van der Waals surface area contributed by atoms with E-state index < -0.39 is 0 Å². The van der Waals surface area contributed by atoms with Crippen molar-refractivity contribution in [2.45, 2.75) is 39.5 Å². The van der Waals surface area contributed by atoms with Crippen molar-refractivity contribution >= 4 is 0 Å². The fraction of sp³-hybridized carbons (Fsp3) is 0.667. The molecular weight excluding hydrogens is 282 g/mol. The van der Waals surface area contributed by atoms with Crippen LogP contribution < -0.4 is 0 Å². The summed E-state index contributed by atoms with van der Waals surface area (Å²) in [6.45, 7) is 8.24. The minimum absolute atomic E-state index is 0.149. The molecule has 7 heteroatoms. The number of hydrogen-bond acceptors (Lipinski definition) is 6. The third-order valence-corrected chi connectivity index (χ3v) is 3.63. The Morgan fingerprint density at radius 2 is 2.32 bits per heavy atom. The zero-order valence-corrected chi connectivity index (χ0v) is 13.2. The highest BCUT2D eigenvalue weighted by atomic mass is 16.5. The molecule has 1 saturated heterocycles. The van der Waals surface area contributed by atoms with Crippen LogP contribution in [0.3, 0.4) is 0 Å². The molecule has 2 aromatic heterocycles. The lowest BCUT2D eigenvalue weighted by atomic mass is 10.1. The highest BCUT2D eigenvalue weighted by molar-refractivity contribution is 4.88. The Kier molecular flexibility index (Phi) is 4.84. The van der Waals surface area contributed by atoms with Gasteiger partial charge >= 0.3 is 0 Å². The molecular formula is C15H23N5O2. The first kappa shape index (κ1) is 15.2. The van der Waals surface area contributed by atoms with Gasteiger partial charge in [-0.3, -0.25) is 9.58 Å². The van der Waals surface area contributed by atoms with E-state index in [1.54, 1.807) is 6.20 Å². The minimum Gasteiger partial charge on any atom is -0.374 e. The number of aromatic nitrogens is 4. The second-order valence-electron chi connectivity index (χ2n) is 6.16. The van der Waals surface area contributed by atoms with E-state index in [1.165, 1.54) is 0 Å². The van der Waals surface area contributed by atoms with Gasteiger partial charge < -0.3 is 9.26 Å². The zero-order valence-electron chi connectivity index (χ0n) is 13.2. The van der Waals surface area contributed by atoms with E-state index in [9.17, 15) is 0 Å². The molecule has 1 aliphatic rings. The Labute approximate surface area is 130 Å². The van der Waals surface area contributed by atoms with Crippen LogP contribution in [0.2, 0.25) is 0 Å². The molecule has 0 bridgehead atoms. The highest BCUT2D eigenvalue weighted by Crippen LogP contribution is 2.11. The predicted octanol–water partition coefficient (Wildman–Crippen LogP) is 1.37. The van der Waals surface area contributed by atoms with Crippen molar-refractivity contribution in [3.8, 4) is 0 Å². The molecule has 120 valence electrons. The highest BCUT2D eigenvalue weighted by Gasteiger charge is 2.22. The van der Waals surface area contributed by atoms with Crippen LogP contribution in [0.1, 0.15) is 25.6 Å². The van der Waals surface area contributed by atoms with Gasteiger partial charge in [-0.2, -0.15) is 10.1 Å². The summed E-state index contributed by atoms with van der Waals surface area (Å²) in [5.74, 6) is 2.01. The normalized spacial score (nSPS) is 19.9. The average Bonchev–Trinajstić information content (AvgIpc) is 3.11. The first-order valence-electron chi connectivity index (χ1n) is 7.82. The molecule has 3 heterocycles. The van der Waals surface area contributed by atoms with Crippen molar-refractivity contribution in [1.29, 1.82) is 0 Å². The van der Waals surface area contributed by atoms with Crippen molar-refractivity contribution in [2.75, 3.05) is 19.7 Å². The maximum Gasteiger partial charge on any atom is 0.226 e. The first-order valence-corrected chi connectivity index (χ1v) is 7.82. The summed E-state index contributed by atoms with van der Waals surface area (Å²) in [6.07, 6.45) is 4.73. The second-order valence-corrected chi connectivity index (χ2v) is 6.16. The van der Waals surface area contributed by atoms with Gasteiger partial charge in [-0.1, -0.05) is 19.0 Å². The summed E-state index contributed by atoms with van der Waals surface area (Å²) >= 11 is 0. The predicted molar refractivity (Wildman–Crippen MR) is 80.1 cm³/mol. The van der Waals surface area contributed by atoms with Crippen LogP contribution in [0, 0.1) is 5.92 Å². The Morgan fingerprint density at radius 3 is 3.09 bits per heavy atom. The molecule has 0 saturated carbocycles. The number of rotatable bonds is 6. The number of ether oxygens (including phenoxy) is 1. The zero-order chi connectivity index (χ0) is 15.4. The number of nitrogens with zero attached hydrogens (tertiary/aromatic N) is 5. The maximum atomic E-state index is 5.81. The topological polar surface area (TPSA) is 69.2 Å². The van der Waals surface area contributed by atoms with Crippen molar-refractivity contribution < 1.29 is 9.26 Å². The Morgan fingerprint density at radius 1 is 1.41 bits per heavy atom. The standard InChI is InChI=1S/C15H23N5O2/c1-12(2)8-15-17-14(18-22-15)11-19-6-7-21-13(9-19)10-20-5-3-4-16-20/h3-5,12-13H,6-11H2,1-2H3/t13-/m0/s1. The van der Waals surface area contributed by atoms with Crippen molar-refractivity contribution in [1.82, 2.24) is 24.8 Å². The maximum absolute atomic E-state index is 5.81. The molecule has 3 rings (SSSR count). The Bertz CT molecular complexity index is 566. The van der Waals surface area contributed by atoms with Gasteiger partial charge in [0.25, 0.3) is 0 Å². The lowest BCUT2D eigenvalue weighted by Gasteiger charge is -2.31. The lowest BCUT2D eigenvalue weighted by molar-refractivity contribution is -0.0410. The van der Waals surface area contributed by atoms with Crippen LogP contribution in [-0.4, -0.2) is 50.6 Å². The second kappa shape index (κ2) is 7.02. The van der Waals surface area contributed by atoms with Crippen LogP contribution in [0.15, 0.2) is 23.0 Å². The molecule has 0 aliphatic carbocycles. The van der Waals surface area contributed by atoms with Crippen LogP contribution >= 0.6 is 0 Å². The van der Waals surface area contributed by atoms with Crippen LogP contribution in [-0.2, 0) is 24.2 Å². The smallest absolute Gasteiger partial charge is 0.226 e. The summed E-state index contributed by atoms with van der Waals surface area (Å²) in [5, 5.41) is 8.31. The summed E-state index contributed by atoms with van der Waals surface area (Å²) in [6, 6.07) is 1.93. The SMILES string of the molecule is CC(C)Cc1nc(CN2CCO[C@H](Cn3cccn3)C2)no1. The van der Waals surface area contributed by atoms with Gasteiger partial charge in [-0.25, -0.2) is 0 Å². The Hall–Kier alpha value is -1.73. The first-order chi connectivity index (χ1) is 10.7. The summed E-state index contributed by atoms with van der Waals surface area (Å²) < 4.78 is 13.0. The van der Waals surface area contributed by atoms with Gasteiger partial charge in [0.2, 0.25) is 5.89 Å². The number of morpholine rings is 1. The monoisotopic (exact) mass is 305 g/mol. The fourth-order valence-electron chi connectivity index (χ4n) is 2.64. The van der Waals surface area contributed by atoms with E-state index in [-0.39, 0.29) is 6.10 Å². The molecule has 2 aromatic rings. The van der Waals surface area contributed by atoms with Gasteiger partial charge in [0, 0.05) is 31.9 Å². The van der Waals surface area contributed by atoms with Crippen LogP contribution in [0.4, 0.5) is 0 Å². The quantitative estimate of drug-likeness (QED) is 0.803. The molecule has 0 unspecified atom stereocenters. The molecule has 0 radical (unpaired) electrons. The van der Waals surface area contributed by atoms with E-state index >= 15 is 0 Å². The molecule has 1 aliphatic heterocycles. The van der Waals surface area contributed by atoms with E-state index in [2.05, 4.69) is 34.0 Å². The third-order valence-electron chi connectivity index (χ3n) is 3.63. The van der Waals surface area contributed by atoms with Crippen molar-refractivity contribution in [2.24, 2.45) is 5.92 Å². The summed E-state index contributed by atoms with van der Waals surface area (Å²) in [5.41, 5.74) is 0. The molecule has 1 atom stereocenters. The minimum atomic E-state index is 0.149. The van der Waals surface area contributed by atoms with Crippen molar-refractivity contribution in [3.05, 3.63) is 30.2 Å². The van der Waals surface area contributed by atoms with E-state index in [1.807, 2.05) is 16.9 Å².